The highest BCUT2D eigenvalue weighted by Crippen LogP contribution is 2.48. The molecule has 1 fully saturated rings. The van der Waals surface area contributed by atoms with E-state index >= 15 is 0 Å². The number of methoxy groups -OCH3 is 1. The summed E-state index contributed by atoms with van der Waals surface area (Å²) in [6.07, 6.45) is 2.37. The lowest BCUT2D eigenvalue weighted by Crippen LogP contribution is -2.37. The number of benzene rings is 1. The van der Waals surface area contributed by atoms with Crippen molar-refractivity contribution in [3.8, 4) is 5.75 Å². The van der Waals surface area contributed by atoms with E-state index in [2.05, 4.69) is 19.2 Å². The van der Waals surface area contributed by atoms with Gasteiger partial charge in [-0.2, -0.15) is 11.8 Å². The Bertz CT molecular complexity index is 432. The molecule has 0 aromatic heterocycles. The number of rotatable bonds is 5. The standard InChI is InChI=1S/C15H22FNOS/c1-4-17-14(15(2)8-5-9-19-15)12-10-11(16)6-7-13(12)18-3/h6-7,10,14,17H,4-5,8-9H2,1-3H3. The molecule has 0 spiro atoms. The van der Waals surface area contributed by atoms with Crippen LogP contribution in [-0.2, 0) is 0 Å². The number of thioether (sulfide) groups is 1. The Morgan fingerprint density at radius 1 is 1.53 bits per heavy atom. The summed E-state index contributed by atoms with van der Waals surface area (Å²) in [7, 11) is 1.64. The second-order valence-electron chi connectivity index (χ2n) is 5.14. The first-order chi connectivity index (χ1) is 9.10. The van der Waals surface area contributed by atoms with E-state index in [0.29, 0.717) is 0 Å². The summed E-state index contributed by atoms with van der Waals surface area (Å²) >= 11 is 1.97. The van der Waals surface area contributed by atoms with Gasteiger partial charge in [0.1, 0.15) is 11.6 Å². The molecule has 19 heavy (non-hydrogen) atoms. The third-order valence-corrected chi connectivity index (χ3v) is 5.36. The van der Waals surface area contributed by atoms with E-state index in [-0.39, 0.29) is 16.6 Å². The molecule has 0 saturated carbocycles. The third kappa shape index (κ3) is 3.06. The third-order valence-electron chi connectivity index (χ3n) is 3.77. The first kappa shape index (κ1) is 14.7. The highest BCUT2D eigenvalue weighted by atomic mass is 32.2. The lowest BCUT2D eigenvalue weighted by molar-refractivity contribution is 0.373. The highest BCUT2D eigenvalue weighted by molar-refractivity contribution is 8.00. The summed E-state index contributed by atoms with van der Waals surface area (Å²) < 4.78 is 19.1. The minimum atomic E-state index is -0.203. The van der Waals surface area contributed by atoms with E-state index in [1.807, 2.05) is 11.8 Å². The second kappa shape index (κ2) is 6.14. The largest absolute Gasteiger partial charge is 0.496 e. The molecule has 2 nitrogen and oxygen atoms in total. The Morgan fingerprint density at radius 2 is 2.32 bits per heavy atom. The fourth-order valence-electron chi connectivity index (χ4n) is 2.82. The summed E-state index contributed by atoms with van der Waals surface area (Å²) in [5, 5.41) is 3.52. The number of halogens is 1. The van der Waals surface area contributed by atoms with Gasteiger partial charge in [0.2, 0.25) is 0 Å². The fraction of sp³-hybridized carbons (Fsp3) is 0.600. The predicted molar refractivity (Wildman–Crippen MR) is 79.5 cm³/mol. The smallest absolute Gasteiger partial charge is 0.123 e. The average Bonchev–Trinajstić information content (AvgIpc) is 2.83. The molecule has 2 rings (SSSR count). The van der Waals surface area contributed by atoms with Crippen molar-refractivity contribution in [3.63, 3.8) is 0 Å². The van der Waals surface area contributed by atoms with E-state index in [4.69, 9.17) is 4.74 Å². The molecule has 1 N–H and O–H groups in total. The molecule has 4 heteroatoms. The topological polar surface area (TPSA) is 21.3 Å². The van der Waals surface area contributed by atoms with Gasteiger partial charge in [0.05, 0.1) is 13.2 Å². The maximum absolute atomic E-state index is 13.6. The van der Waals surface area contributed by atoms with Crippen molar-refractivity contribution in [2.24, 2.45) is 0 Å². The van der Waals surface area contributed by atoms with Crippen LogP contribution in [0.5, 0.6) is 5.75 Å². The molecule has 1 aromatic rings. The van der Waals surface area contributed by atoms with Gasteiger partial charge in [0.25, 0.3) is 0 Å². The molecule has 2 unspecified atom stereocenters. The highest BCUT2D eigenvalue weighted by Gasteiger charge is 2.39. The molecule has 1 saturated heterocycles. The minimum Gasteiger partial charge on any atom is -0.496 e. The van der Waals surface area contributed by atoms with Crippen molar-refractivity contribution in [2.75, 3.05) is 19.4 Å². The van der Waals surface area contributed by atoms with Gasteiger partial charge in [-0.3, -0.25) is 0 Å². The number of nitrogens with one attached hydrogen (secondary N) is 1. The summed E-state index contributed by atoms with van der Waals surface area (Å²) in [5.74, 6) is 1.74. The molecule has 0 bridgehead atoms. The van der Waals surface area contributed by atoms with E-state index in [1.54, 1.807) is 19.2 Å². The van der Waals surface area contributed by atoms with Crippen molar-refractivity contribution in [1.29, 1.82) is 0 Å². The van der Waals surface area contributed by atoms with Crippen molar-refractivity contribution in [2.45, 2.75) is 37.5 Å². The van der Waals surface area contributed by atoms with Gasteiger partial charge in [-0.1, -0.05) is 6.92 Å². The summed E-state index contributed by atoms with van der Waals surface area (Å²) in [6.45, 7) is 5.21. The molecular formula is C15H22FNOS. The van der Waals surface area contributed by atoms with E-state index in [9.17, 15) is 4.39 Å². The lowest BCUT2D eigenvalue weighted by Gasteiger charge is -2.35. The predicted octanol–water partition coefficient (Wildman–Crippen LogP) is 3.77. The SMILES string of the molecule is CCNC(c1cc(F)ccc1OC)C1(C)CCCS1. The molecule has 0 amide bonds. The van der Waals surface area contributed by atoms with Gasteiger partial charge in [0, 0.05) is 10.3 Å². The average molecular weight is 283 g/mol. The van der Waals surface area contributed by atoms with E-state index in [0.717, 1.165) is 24.3 Å². The van der Waals surface area contributed by atoms with E-state index < -0.39 is 0 Å². The van der Waals surface area contributed by atoms with Crippen LogP contribution < -0.4 is 10.1 Å². The fourth-order valence-corrected chi connectivity index (χ4v) is 4.24. The molecule has 1 heterocycles. The second-order valence-corrected chi connectivity index (χ2v) is 6.77. The van der Waals surface area contributed by atoms with Crippen molar-refractivity contribution in [3.05, 3.63) is 29.6 Å². The van der Waals surface area contributed by atoms with Crippen LogP contribution in [0.1, 0.15) is 38.3 Å². The van der Waals surface area contributed by atoms with Crippen molar-refractivity contribution >= 4 is 11.8 Å². The summed E-state index contributed by atoms with van der Waals surface area (Å²) in [5.41, 5.74) is 0.932. The van der Waals surface area contributed by atoms with Gasteiger partial charge >= 0.3 is 0 Å². The van der Waals surface area contributed by atoms with Crippen molar-refractivity contribution < 1.29 is 9.13 Å². The van der Waals surface area contributed by atoms with Crippen LogP contribution >= 0.6 is 11.8 Å². The Labute approximate surface area is 119 Å². The van der Waals surface area contributed by atoms with Crippen LogP contribution in [0, 0.1) is 5.82 Å². The Hall–Kier alpha value is -0.740. The maximum atomic E-state index is 13.6. The number of hydrogen-bond donors (Lipinski definition) is 1. The van der Waals surface area contributed by atoms with Crippen LogP contribution in [0.2, 0.25) is 0 Å². The Morgan fingerprint density at radius 3 is 2.89 bits per heavy atom. The molecule has 0 aliphatic carbocycles. The molecule has 1 aromatic carbocycles. The van der Waals surface area contributed by atoms with Crippen LogP contribution in [-0.4, -0.2) is 24.2 Å². The Balaban J connectivity index is 2.40. The first-order valence-electron chi connectivity index (χ1n) is 6.81. The quantitative estimate of drug-likeness (QED) is 0.889. The molecular weight excluding hydrogens is 261 g/mol. The molecule has 0 radical (unpaired) electrons. The normalized spacial score (nSPS) is 24.4. The Kier molecular flexibility index (Phi) is 4.74. The monoisotopic (exact) mass is 283 g/mol. The zero-order chi connectivity index (χ0) is 13.9. The summed E-state index contributed by atoms with van der Waals surface area (Å²) in [6, 6.07) is 4.90. The molecule has 106 valence electrons. The molecule has 1 aliphatic rings. The lowest BCUT2D eigenvalue weighted by atomic mass is 9.89. The van der Waals surface area contributed by atoms with Crippen LogP contribution in [0.15, 0.2) is 18.2 Å². The number of hydrogen-bond acceptors (Lipinski definition) is 3. The minimum absolute atomic E-state index is 0.108. The number of ether oxygens (including phenoxy) is 1. The van der Waals surface area contributed by atoms with Gasteiger partial charge in [0.15, 0.2) is 0 Å². The zero-order valence-electron chi connectivity index (χ0n) is 11.8. The van der Waals surface area contributed by atoms with Gasteiger partial charge in [-0.05, 0) is 50.3 Å². The molecule has 2 atom stereocenters. The molecule has 1 aliphatic heterocycles. The van der Waals surface area contributed by atoms with Gasteiger partial charge < -0.3 is 10.1 Å². The first-order valence-corrected chi connectivity index (χ1v) is 7.80. The van der Waals surface area contributed by atoms with Gasteiger partial charge in [-0.15, -0.1) is 0 Å². The van der Waals surface area contributed by atoms with Crippen molar-refractivity contribution in [1.82, 2.24) is 5.32 Å². The summed E-state index contributed by atoms with van der Waals surface area (Å²) in [4.78, 5) is 0. The van der Waals surface area contributed by atoms with Crippen LogP contribution in [0.4, 0.5) is 4.39 Å². The van der Waals surface area contributed by atoms with Crippen LogP contribution in [0.3, 0.4) is 0 Å². The van der Waals surface area contributed by atoms with Crippen LogP contribution in [0.25, 0.3) is 0 Å². The maximum Gasteiger partial charge on any atom is 0.123 e. The van der Waals surface area contributed by atoms with Gasteiger partial charge in [-0.25, -0.2) is 4.39 Å². The zero-order valence-corrected chi connectivity index (χ0v) is 12.6. The van der Waals surface area contributed by atoms with E-state index in [1.165, 1.54) is 18.2 Å².